The Labute approximate surface area is 173 Å². The normalized spacial score (nSPS) is 13.6. The second-order valence-electron chi connectivity index (χ2n) is 7.70. The molecular weight excluding hydrogens is 364 g/mol. The highest BCUT2D eigenvalue weighted by molar-refractivity contribution is 5.86. The maximum absolute atomic E-state index is 13.2. The van der Waals surface area contributed by atoms with E-state index in [-0.39, 0.29) is 24.3 Å². The zero-order valence-electron chi connectivity index (χ0n) is 17.2. The number of furan rings is 1. The topological polar surface area (TPSA) is 53.8 Å². The lowest BCUT2D eigenvalue weighted by Gasteiger charge is -2.32. The molecule has 1 aromatic heterocycles. The van der Waals surface area contributed by atoms with Crippen LogP contribution >= 0.6 is 0 Å². The molecule has 2 amide bonds. The van der Waals surface area contributed by atoms with Gasteiger partial charge in [0.25, 0.3) is 0 Å². The van der Waals surface area contributed by atoms with Gasteiger partial charge in [-0.15, -0.1) is 6.58 Å². The second kappa shape index (κ2) is 10.1. The lowest BCUT2D eigenvalue weighted by Crippen LogP contribution is -2.46. The summed E-state index contributed by atoms with van der Waals surface area (Å²) < 4.78 is 5.69. The van der Waals surface area contributed by atoms with E-state index < -0.39 is 0 Å². The number of aryl methyl sites for hydroxylation is 1. The molecule has 0 bridgehead atoms. The van der Waals surface area contributed by atoms with Crippen LogP contribution in [-0.4, -0.2) is 41.2 Å². The Balaban J connectivity index is 1.68. The monoisotopic (exact) mass is 394 g/mol. The molecule has 1 aliphatic rings. The van der Waals surface area contributed by atoms with Gasteiger partial charge in [0.15, 0.2) is 0 Å². The van der Waals surface area contributed by atoms with Crippen LogP contribution in [0.15, 0.2) is 59.5 Å². The maximum Gasteiger partial charge on any atom is 0.242 e. The van der Waals surface area contributed by atoms with Crippen molar-refractivity contribution in [2.45, 2.75) is 39.2 Å². The number of carbonyl (C=O) groups excluding carboxylic acids is 2. The molecular formula is C24H30N2O3. The molecule has 29 heavy (non-hydrogen) atoms. The van der Waals surface area contributed by atoms with Gasteiger partial charge >= 0.3 is 0 Å². The predicted molar refractivity (Wildman–Crippen MR) is 113 cm³/mol. The summed E-state index contributed by atoms with van der Waals surface area (Å²) in [4.78, 5) is 29.3. The van der Waals surface area contributed by atoms with Crippen LogP contribution in [0, 0.1) is 12.8 Å². The molecule has 0 atom stereocenters. The van der Waals surface area contributed by atoms with Gasteiger partial charge in [-0.2, -0.15) is 0 Å². The molecule has 5 heteroatoms. The minimum absolute atomic E-state index is 0.0632. The van der Waals surface area contributed by atoms with Crippen LogP contribution in [0.1, 0.15) is 36.3 Å². The van der Waals surface area contributed by atoms with Gasteiger partial charge in [0.2, 0.25) is 11.8 Å². The summed E-state index contributed by atoms with van der Waals surface area (Å²) in [6.45, 7) is 7.09. The average molecular weight is 395 g/mol. The summed E-state index contributed by atoms with van der Waals surface area (Å²) in [5.74, 6) is 1.65. The molecule has 1 aromatic carbocycles. The molecule has 1 aliphatic carbocycles. The number of rotatable bonds is 10. The number of carbonyl (C=O) groups is 2. The van der Waals surface area contributed by atoms with Crippen LogP contribution in [0.2, 0.25) is 0 Å². The number of benzene rings is 1. The first-order valence-corrected chi connectivity index (χ1v) is 10.3. The highest BCUT2D eigenvalue weighted by atomic mass is 16.3. The summed E-state index contributed by atoms with van der Waals surface area (Å²) in [5.41, 5.74) is 1.18. The molecule has 1 saturated carbocycles. The summed E-state index contributed by atoms with van der Waals surface area (Å²) in [7, 11) is 0. The smallest absolute Gasteiger partial charge is 0.242 e. The third-order valence-corrected chi connectivity index (χ3v) is 5.45. The van der Waals surface area contributed by atoms with Gasteiger partial charge in [0, 0.05) is 19.0 Å². The highest BCUT2D eigenvalue weighted by Gasteiger charge is 2.30. The number of amides is 2. The quantitative estimate of drug-likeness (QED) is 0.573. The van der Waals surface area contributed by atoms with Crippen molar-refractivity contribution in [2.24, 2.45) is 5.92 Å². The lowest BCUT2D eigenvalue weighted by atomic mass is 9.84. The summed E-state index contributed by atoms with van der Waals surface area (Å²) in [5, 5.41) is 0. The fourth-order valence-corrected chi connectivity index (χ4v) is 3.52. The van der Waals surface area contributed by atoms with Crippen molar-refractivity contribution in [1.82, 2.24) is 9.80 Å². The van der Waals surface area contributed by atoms with Crippen molar-refractivity contribution >= 4 is 11.8 Å². The van der Waals surface area contributed by atoms with Crippen LogP contribution < -0.4 is 0 Å². The van der Waals surface area contributed by atoms with Crippen molar-refractivity contribution in [1.29, 1.82) is 0 Å². The predicted octanol–water partition coefficient (Wildman–Crippen LogP) is 3.97. The first kappa shape index (κ1) is 20.9. The summed E-state index contributed by atoms with van der Waals surface area (Å²) in [6, 6.07) is 13.9. The van der Waals surface area contributed by atoms with E-state index in [4.69, 9.17) is 4.42 Å². The van der Waals surface area contributed by atoms with Gasteiger partial charge in [-0.3, -0.25) is 9.59 Å². The Bertz CT molecular complexity index is 824. The van der Waals surface area contributed by atoms with E-state index in [1.54, 1.807) is 15.9 Å². The Morgan fingerprint density at radius 3 is 2.48 bits per heavy atom. The Kier molecular flexibility index (Phi) is 7.28. The molecule has 154 valence electrons. The van der Waals surface area contributed by atoms with Gasteiger partial charge in [0.1, 0.15) is 18.1 Å². The first-order chi connectivity index (χ1) is 14.1. The SMILES string of the molecule is C=CCN(CC(=O)N(CCc1ccccc1)Cc1ccc(C)o1)C(=O)C1CCC1. The number of hydrogen-bond donors (Lipinski definition) is 0. The zero-order chi connectivity index (χ0) is 20.6. The summed E-state index contributed by atoms with van der Waals surface area (Å²) >= 11 is 0. The molecule has 0 aliphatic heterocycles. The molecule has 5 nitrogen and oxygen atoms in total. The van der Waals surface area contributed by atoms with Crippen LogP contribution in [0.25, 0.3) is 0 Å². The third-order valence-electron chi connectivity index (χ3n) is 5.45. The van der Waals surface area contributed by atoms with Crippen molar-refractivity contribution in [3.63, 3.8) is 0 Å². The molecule has 3 rings (SSSR count). The fourth-order valence-electron chi connectivity index (χ4n) is 3.52. The minimum atomic E-state index is -0.0653. The minimum Gasteiger partial charge on any atom is -0.464 e. The number of nitrogens with zero attached hydrogens (tertiary/aromatic N) is 2. The van der Waals surface area contributed by atoms with Crippen molar-refractivity contribution < 1.29 is 14.0 Å². The van der Waals surface area contributed by atoms with Crippen LogP contribution in [0.4, 0.5) is 0 Å². The van der Waals surface area contributed by atoms with E-state index in [2.05, 4.69) is 18.7 Å². The van der Waals surface area contributed by atoms with Crippen LogP contribution in [0.5, 0.6) is 0 Å². The van der Waals surface area contributed by atoms with Gasteiger partial charge in [0.05, 0.1) is 6.54 Å². The van der Waals surface area contributed by atoms with E-state index in [0.29, 0.717) is 19.6 Å². The molecule has 0 spiro atoms. The molecule has 0 saturated heterocycles. The fraction of sp³-hybridized carbons (Fsp3) is 0.417. The van der Waals surface area contributed by atoms with Crippen molar-refractivity contribution in [3.8, 4) is 0 Å². The van der Waals surface area contributed by atoms with E-state index in [9.17, 15) is 9.59 Å². The second-order valence-corrected chi connectivity index (χ2v) is 7.70. The molecule has 1 heterocycles. The molecule has 0 radical (unpaired) electrons. The highest BCUT2D eigenvalue weighted by Crippen LogP contribution is 2.28. The first-order valence-electron chi connectivity index (χ1n) is 10.3. The largest absolute Gasteiger partial charge is 0.464 e. The number of hydrogen-bond acceptors (Lipinski definition) is 3. The van der Waals surface area contributed by atoms with Crippen LogP contribution in [-0.2, 0) is 22.6 Å². The standard InChI is InChI=1S/C24H30N2O3/c1-3-15-26(24(28)21-10-7-11-21)18-23(27)25(17-22-13-12-19(2)29-22)16-14-20-8-5-4-6-9-20/h3-6,8-9,12-13,21H,1,7,10-11,14-18H2,2H3. The molecule has 2 aromatic rings. The Morgan fingerprint density at radius 2 is 1.90 bits per heavy atom. The maximum atomic E-state index is 13.2. The van der Waals surface area contributed by atoms with Crippen molar-refractivity contribution in [2.75, 3.05) is 19.6 Å². The average Bonchev–Trinajstić information content (AvgIpc) is 3.09. The molecule has 0 N–H and O–H groups in total. The van der Waals surface area contributed by atoms with Gasteiger partial charge in [-0.1, -0.05) is 42.8 Å². The van der Waals surface area contributed by atoms with E-state index >= 15 is 0 Å². The van der Waals surface area contributed by atoms with Crippen LogP contribution in [0.3, 0.4) is 0 Å². The van der Waals surface area contributed by atoms with Gasteiger partial charge in [-0.05, 0) is 43.9 Å². The molecule has 1 fully saturated rings. The Morgan fingerprint density at radius 1 is 1.14 bits per heavy atom. The zero-order valence-corrected chi connectivity index (χ0v) is 17.2. The lowest BCUT2D eigenvalue weighted by molar-refractivity contribution is -0.144. The Hall–Kier alpha value is -2.82. The van der Waals surface area contributed by atoms with E-state index in [1.807, 2.05) is 37.3 Å². The van der Waals surface area contributed by atoms with E-state index in [1.165, 1.54) is 5.56 Å². The van der Waals surface area contributed by atoms with Crippen molar-refractivity contribution in [3.05, 3.63) is 72.2 Å². The van der Waals surface area contributed by atoms with E-state index in [0.717, 1.165) is 37.2 Å². The molecule has 0 unspecified atom stereocenters. The van der Waals surface area contributed by atoms with Gasteiger partial charge in [-0.25, -0.2) is 0 Å². The third kappa shape index (κ3) is 5.83. The van der Waals surface area contributed by atoms with Gasteiger partial charge < -0.3 is 14.2 Å². The summed E-state index contributed by atoms with van der Waals surface area (Å²) in [6.07, 6.45) is 5.37.